The third kappa shape index (κ3) is 4.98. The Kier molecular flexibility index (Phi) is 4.89. The number of nitrogen functional groups attached to an aromatic ring is 1. The lowest BCUT2D eigenvalue weighted by atomic mass is 10.0. The normalized spacial score (nSPS) is 11.1. The fourth-order valence-corrected chi connectivity index (χ4v) is 2.13. The van der Waals surface area contributed by atoms with E-state index in [0.717, 1.165) is 11.1 Å². The molecule has 0 unspecified atom stereocenters. The van der Waals surface area contributed by atoms with E-state index in [1.807, 2.05) is 12.1 Å². The molecule has 0 aliphatic rings. The van der Waals surface area contributed by atoms with E-state index in [1.54, 1.807) is 39.0 Å². The molecular formula is C18H21FN2O2. The minimum absolute atomic E-state index is 0.308. The van der Waals surface area contributed by atoms with Gasteiger partial charge in [0.25, 0.3) is 0 Å². The predicted molar refractivity (Wildman–Crippen MR) is 89.3 cm³/mol. The van der Waals surface area contributed by atoms with Crippen molar-refractivity contribution in [1.82, 2.24) is 5.32 Å². The largest absolute Gasteiger partial charge is 0.444 e. The van der Waals surface area contributed by atoms with Crippen molar-refractivity contribution in [2.75, 3.05) is 5.73 Å². The fraction of sp³-hybridized carbons (Fsp3) is 0.278. The summed E-state index contributed by atoms with van der Waals surface area (Å²) in [4.78, 5) is 11.6. The van der Waals surface area contributed by atoms with Gasteiger partial charge in [-0.1, -0.05) is 24.3 Å². The lowest BCUT2D eigenvalue weighted by Gasteiger charge is -2.19. The minimum Gasteiger partial charge on any atom is -0.444 e. The topological polar surface area (TPSA) is 64.3 Å². The Labute approximate surface area is 135 Å². The second-order valence-corrected chi connectivity index (χ2v) is 6.29. The summed E-state index contributed by atoms with van der Waals surface area (Å²) in [7, 11) is 0. The first-order chi connectivity index (χ1) is 10.7. The molecule has 4 nitrogen and oxygen atoms in total. The van der Waals surface area contributed by atoms with Crippen LogP contribution in [0.15, 0.2) is 42.5 Å². The molecular weight excluding hydrogens is 295 g/mol. The van der Waals surface area contributed by atoms with E-state index in [-0.39, 0.29) is 5.82 Å². The van der Waals surface area contributed by atoms with E-state index in [9.17, 15) is 9.18 Å². The highest BCUT2D eigenvalue weighted by Gasteiger charge is 2.15. The van der Waals surface area contributed by atoms with E-state index in [4.69, 9.17) is 10.5 Å². The smallest absolute Gasteiger partial charge is 0.407 e. The highest BCUT2D eigenvalue weighted by molar-refractivity contribution is 5.77. The zero-order valence-corrected chi connectivity index (χ0v) is 13.5. The summed E-state index contributed by atoms with van der Waals surface area (Å²) in [5, 5.41) is 2.67. The number of nitrogens with two attached hydrogens (primary N) is 1. The quantitative estimate of drug-likeness (QED) is 0.838. The molecule has 1 amide bonds. The number of nitrogens with one attached hydrogen (secondary N) is 1. The standard InChI is InChI=1S/C18H21FN2O2/c1-18(2,3)23-17(22)21-11-12-7-8-15(16(20)9-12)13-5-4-6-14(19)10-13/h4-10H,11,20H2,1-3H3,(H,21,22). The molecule has 122 valence electrons. The average molecular weight is 316 g/mol. The maximum absolute atomic E-state index is 13.3. The number of carbonyl (C=O) groups excluding carboxylic acids is 1. The second-order valence-electron chi connectivity index (χ2n) is 6.29. The number of anilines is 1. The van der Waals surface area contributed by atoms with Crippen LogP contribution in [0.5, 0.6) is 0 Å². The molecule has 0 aromatic heterocycles. The highest BCUT2D eigenvalue weighted by atomic mass is 19.1. The van der Waals surface area contributed by atoms with Crippen molar-refractivity contribution in [1.29, 1.82) is 0 Å². The van der Waals surface area contributed by atoms with Crippen LogP contribution in [-0.4, -0.2) is 11.7 Å². The van der Waals surface area contributed by atoms with Crippen molar-refractivity contribution in [3.8, 4) is 11.1 Å². The van der Waals surface area contributed by atoms with Crippen LogP contribution in [-0.2, 0) is 11.3 Å². The van der Waals surface area contributed by atoms with Crippen LogP contribution >= 0.6 is 0 Å². The monoisotopic (exact) mass is 316 g/mol. The number of carbonyl (C=O) groups is 1. The number of alkyl carbamates (subject to hydrolysis) is 1. The van der Waals surface area contributed by atoms with Crippen LogP contribution in [0.3, 0.4) is 0 Å². The zero-order valence-electron chi connectivity index (χ0n) is 13.5. The number of hydrogen-bond acceptors (Lipinski definition) is 3. The zero-order chi connectivity index (χ0) is 17.0. The summed E-state index contributed by atoms with van der Waals surface area (Å²) in [5.41, 5.74) is 8.35. The molecule has 2 aromatic rings. The van der Waals surface area contributed by atoms with Gasteiger partial charge in [0.05, 0.1) is 0 Å². The molecule has 0 atom stereocenters. The molecule has 0 aliphatic heterocycles. The molecule has 0 aliphatic carbocycles. The van der Waals surface area contributed by atoms with E-state index < -0.39 is 11.7 Å². The van der Waals surface area contributed by atoms with Crippen molar-refractivity contribution in [2.24, 2.45) is 0 Å². The lowest BCUT2D eigenvalue weighted by Crippen LogP contribution is -2.32. The first kappa shape index (κ1) is 16.8. The Balaban J connectivity index is 2.06. The van der Waals surface area contributed by atoms with Gasteiger partial charge in [-0.05, 0) is 50.1 Å². The van der Waals surface area contributed by atoms with Crippen molar-refractivity contribution < 1.29 is 13.9 Å². The maximum atomic E-state index is 13.3. The molecule has 0 saturated heterocycles. The number of amides is 1. The summed E-state index contributed by atoms with van der Waals surface area (Å²) in [6, 6.07) is 11.7. The number of benzene rings is 2. The number of hydrogen-bond donors (Lipinski definition) is 2. The lowest BCUT2D eigenvalue weighted by molar-refractivity contribution is 0.0523. The predicted octanol–water partition coefficient (Wildman–Crippen LogP) is 4.10. The van der Waals surface area contributed by atoms with Gasteiger partial charge >= 0.3 is 6.09 Å². The molecule has 0 heterocycles. The van der Waals surface area contributed by atoms with Gasteiger partial charge < -0.3 is 15.8 Å². The van der Waals surface area contributed by atoms with Crippen molar-refractivity contribution in [3.63, 3.8) is 0 Å². The Hall–Kier alpha value is -2.56. The van der Waals surface area contributed by atoms with Crippen molar-refractivity contribution in [3.05, 3.63) is 53.8 Å². The first-order valence-electron chi connectivity index (χ1n) is 7.36. The molecule has 2 aromatic carbocycles. The number of rotatable bonds is 3. The van der Waals surface area contributed by atoms with Crippen molar-refractivity contribution in [2.45, 2.75) is 32.9 Å². The maximum Gasteiger partial charge on any atom is 0.407 e. The molecule has 23 heavy (non-hydrogen) atoms. The Bertz CT molecular complexity index is 708. The molecule has 0 saturated carbocycles. The third-order valence-corrected chi connectivity index (χ3v) is 3.09. The van der Waals surface area contributed by atoms with Gasteiger partial charge in [-0.15, -0.1) is 0 Å². The van der Waals surface area contributed by atoms with E-state index >= 15 is 0 Å². The molecule has 0 fully saturated rings. The van der Waals surface area contributed by atoms with Gasteiger partial charge in [0.15, 0.2) is 0 Å². The van der Waals surface area contributed by atoms with Crippen LogP contribution in [0.2, 0.25) is 0 Å². The Morgan fingerprint density at radius 3 is 2.57 bits per heavy atom. The molecule has 0 radical (unpaired) electrons. The van der Waals surface area contributed by atoms with E-state index in [0.29, 0.717) is 17.8 Å². The molecule has 0 spiro atoms. The van der Waals surface area contributed by atoms with Crippen LogP contribution in [0.4, 0.5) is 14.9 Å². The van der Waals surface area contributed by atoms with Crippen LogP contribution in [0, 0.1) is 5.82 Å². The Morgan fingerprint density at radius 2 is 1.96 bits per heavy atom. The summed E-state index contributed by atoms with van der Waals surface area (Å²) < 4.78 is 18.5. The van der Waals surface area contributed by atoms with Gasteiger partial charge in [0, 0.05) is 17.8 Å². The van der Waals surface area contributed by atoms with Gasteiger partial charge in [0.2, 0.25) is 0 Å². The Morgan fingerprint density at radius 1 is 1.22 bits per heavy atom. The van der Waals surface area contributed by atoms with Gasteiger partial charge in [-0.25, -0.2) is 9.18 Å². The summed E-state index contributed by atoms with van der Waals surface area (Å²) in [6.45, 7) is 5.72. The second kappa shape index (κ2) is 6.69. The summed E-state index contributed by atoms with van der Waals surface area (Å²) in [5.74, 6) is -0.308. The molecule has 5 heteroatoms. The molecule has 0 bridgehead atoms. The van der Waals surface area contributed by atoms with E-state index in [2.05, 4.69) is 5.32 Å². The average Bonchev–Trinajstić information content (AvgIpc) is 2.43. The van der Waals surface area contributed by atoms with Crippen molar-refractivity contribution >= 4 is 11.8 Å². The van der Waals surface area contributed by atoms with Gasteiger partial charge in [0.1, 0.15) is 11.4 Å². The number of halogens is 1. The van der Waals surface area contributed by atoms with Gasteiger partial charge in [-0.2, -0.15) is 0 Å². The minimum atomic E-state index is -0.537. The van der Waals surface area contributed by atoms with Crippen LogP contribution in [0.1, 0.15) is 26.3 Å². The first-order valence-corrected chi connectivity index (χ1v) is 7.36. The molecule has 2 rings (SSSR count). The third-order valence-electron chi connectivity index (χ3n) is 3.09. The fourth-order valence-electron chi connectivity index (χ4n) is 2.13. The highest BCUT2D eigenvalue weighted by Crippen LogP contribution is 2.27. The van der Waals surface area contributed by atoms with E-state index in [1.165, 1.54) is 12.1 Å². The molecule has 3 N–H and O–H groups in total. The SMILES string of the molecule is CC(C)(C)OC(=O)NCc1ccc(-c2cccc(F)c2)c(N)c1. The van der Waals surface area contributed by atoms with Crippen LogP contribution < -0.4 is 11.1 Å². The summed E-state index contributed by atoms with van der Waals surface area (Å²) in [6.07, 6.45) is -0.481. The van der Waals surface area contributed by atoms with Gasteiger partial charge in [-0.3, -0.25) is 0 Å². The number of ether oxygens (including phenoxy) is 1. The van der Waals surface area contributed by atoms with Crippen LogP contribution in [0.25, 0.3) is 11.1 Å². The summed E-state index contributed by atoms with van der Waals surface area (Å²) >= 11 is 0.